The molecule has 1 aliphatic heterocycles. The van der Waals surface area contributed by atoms with Gasteiger partial charge in [-0.2, -0.15) is 0 Å². The fourth-order valence-corrected chi connectivity index (χ4v) is 2.72. The molecule has 2 rings (SSSR count). The molecule has 3 nitrogen and oxygen atoms in total. The van der Waals surface area contributed by atoms with Crippen molar-refractivity contribution in [2.24, 2.45) is 5.92 Å². The van der Waals surface area contributed by atoms with Gasteiger partial charge in [-0.15, -0.1) is 0 Å². The third-order valence-corrected chi connectivity index (χ3v) is 3.70. The Morgan fingerprint density at radius 1 is 1.38 bits per heavy atom. The van der Waals surface area contributed by atoms with Crippen LogP contribution in [0.15, 0.2) is 22.8 Å². The zero-order valence-electron chi connectivity index (χ0n) is 10.0. The molecule has 0 N–H and O–H groups in total. The molecule has 1 aromatic heterocycles. The topological polar surface area (TPSA) is 19.4 Å². The molecule has 2 unspecified atom stereocenters. The Morgan fingerprint density at radius 3 is 2.69 bits per heavy atom. The van der Waals surface area contributed by atoms with Crippen LogP contribution in [0.2, 0.25) is 0 Å². The summed E-state index contributed by atoms with van der Waals surface area (Å²) in [4.78, 5) is 9.18. The highest BCUT2D eigenvalue weighted by molar-refractivity contribution is 9.10. The highest BCUT2D eigenvalue weighted by Gasteiger charge is 2.31. The highest BCUT2D eigenvalue weighted by atomic mass is 79.9. The van der Waals surface area contributed by atoms with Crippen LogP contribution in [0.5, 0.6) is 0 Å². The minimum atomic E-state index is 0.626. The second-order valence-corrected chi connectivity index (χ2v) is 5.54. The third kappa shape index (κ3) is 2.38. The third-order valence-electron chi connectivity index (χ3n) is 3.26. The molecule has 2 atom stereocenters. The van der Waals surface area contributed by atoms with Crippen LogP contribution in [0.25, 0.3) is 0 Å². The Balaban J connectivity index is 2.13. The molecule has 0 aliphatic carbocycles. The molecule has 4 heteroatoms. The van der Waals surface area contributed by atoms with Gasteiger partial charge in [-0.25, -0.2) is 4.98 Å². The van der Waals surface area contributed by atoms with Gasteiger partial charge in [0.2, 0.25) is 0 Å². The van der Waals surface area contributed by atoms with E-state index >= 15 is 0 Å². The average molecular weight is 284 g/mol. The normalized spacial score (nSPS) is 25.4. The first-order chi connectivity index (χ1) is 7.58. The molecule has 0 saturated carbocycles. The van der Waals surface area contributed by atoms with E-state index in [0.717, 1.165) is 23.5 Å². The van der Waals surface area contributed by atoms with Gasteiger partial charge < -0.3 is 9.80 Å². The average Bonchev–Trinajstić information content (AvgIpc) is 2.60. The summed E-state index contributed by atoms with van der Waals surface area (Å²) in [5.74, 6) is 1.77. The molecule has 2 heterocycles. The lowest BCUT2D eigenvalue weighted by molar-refractivity contribution is 0.266. The SMILES string of the molecule is CC1CN(c2cccc(Br)n2)CC1N(C)C. The molecule has 0 aromatic carbocycles. The molecule has 88 valence electrons. The van der Waals surface area contributed by atoms with Gasteiger partial charge in [0.05, 0.1) is 0 Å². The van der Waals surface area contributed by atoms with Crippen molar-refractivity contribution in [3.05, 3.63) is 22.8 Å². The number of hydrogen-bond acceptors (Lipinski definition) is 3. The molecular formula is C12H18BrN3. The summed E-state index contributed by atoms with van der Waals surface area (Å²) in [6, 6.07) is 6.71. The standard InChI is InChI=1S/C12H18BrN3/c1-9-7-16(8-10(9)15(2)3)12-6-4-5-11(13)14-12/h4-6,9-10H,7-8H2,1-3H3. The molecular weight excluding hydrogens is 266 g/mol. The maximum absolute atomic E-state index is 4.51. The van der Waals surface area contributed by atoms with Crippen molar-refractivity contribution in [1.29, 1.82) is 0 Å². The zero-order chi connectivity index (χ0) is 11.7. The lowest BCUT2D eigenvalue weighted by atomic mass is 10.1. The summed E-state index contributed by atoms with van der Waals surface area (Å²) < 4.78 is 0.908. The second-order valence-electron chi connectivity index (χ2n) is 4.73. The van der Waals surface area contributed by atoms with E-state index in [9.17, 15) is 0 Å². The van der Waals surface area contributed by atoms with E-state index in [2.05, 4.69) is 57.8 Å². The van der Waals surface area contributed by atoms with E-state index in [-0.39, 0.29) is 0 Å². The van der Waals surface area contributed by atoms with Crippen LogP contribution < -0.4 is 4.90 Å². The summed E-state index contributed by atoms with van der Waals surface area (Å²) in [5.41, 5.74) is 0. The summed E-state index contributed by atoms with van der Waals surface area (Å²) in [6.07, 6.45) is 0. The molecule has 0 radical (unpaired) electrons. The molecule has 0 spiro atoms. The van der Waals surface area contributed by atoms with E-state index in [0.29, 0.717) is 12.0 Å². The minimum absolute atomic E-state index is 0.626. The summed E-state index contributed by atoms with van der Waals surface area (Å²) in [5, 5.41) is 0. The monoisotopic (exact) mass is 283 g/mol. The van der Waals surface area contributed by atoms with Crippen LogP contribution in [-0.4, -0.2) is 43.1 Å². The Hall–Kier alpha value is -0.610. The Morgan fingerprint density at radius 2 is 2.12 bits per heavy atom. The zero-order valence-corrected chi connectivity index (χ0v) is 11.6. The fraction of sp³-hybridized carbons (Fsp3) is 0.583. The first kappa shape index (κ1) is 11.9. The molecule has 0 amide bonds. The van der Waals surface area contributed by atoms with Crippen molar-refractivity contribution < 1.29 is 0 Å². The van der Waals surface area contributed by atoms with Crippen molar-refractivity contribution in [2.75, 3.05) is 32.1 Å². The van der Waals surface area contributed by atoms with Crippen molar-refractivity contribution in [3.63, 3.8) is 0 Å². The van der Waals surface area contributed by atoms with E-state index in [1.54, 1.807) is 0 Å². The van der Waals surface area contributed by atoms with Crippen LogP contribution in [0.4, 0.5) is 5.82 Å². The molecule has 0 bridgehead atoms. The smallest absolute Gasteiger partial charge is 0.129 e. The maximum Gasteiger partial charge on any atom is 0.129 e. The Kier molecular flexibility index (Phi) is 3.50. The molecule has 1 fully saturated rings. The van der Waals surface area contributed by atoms with Crippen LogP contribution >= 0.6 is 15.9 Å². The van der Waals surface area contributed by atoms with E-state index in [1.165, 1.54) is 0 Å². The van der Waals surface area contributed by atoms with Gasteiger partial charge in [-0.05, 0) is 48.1 Å². The van der Waals surface area contributed by atoms with Crippen LogP contribution in [0.1, 0.15) is 6.92 Å². The summed E-state index contributed by atoms with van der Waals surface area (Å²) in [6.45, 7) is 4.46. The number of pyridine rings is 1. The number of halogens is 1. The Bertz CT molecular complexity index is 367. The predicted molar refractivity (Wildman–Crippen MR) is 70.8 cm³/mol. The van der Waals surface area contributed by atoms with Gasteiger partial charge in [0.15, 0.2) is 0 Å². The quantitative estimate of drug-likeness (QED) is 0.776. The lowest BCUT2D eigenvalue weighted by Crippen LogP contribution is -2.34. The van der Waals surface area contributed by atoms with Gasteiger partial charge in [0, 0.05) is 19.1 Å². The van der Waals surface area contributed by atoms with E-state index in [1.807, 2.05) is 12.1 Å². The summed E-state index contributed by atoms with van der Waals surface area (Å²) in [7, 11) is 4.30. The predicted octanol–water partition coefficient (Wildman–Crippen LogP) is 2.23. The van der Waals surface area contributed by atoms with Gasteiger partial charge >= 0.3 is 0 Å². The van der Waals surface area contributed by atoms with Crippen molar-refractivity contribution >= 4 is 21.7 Å². The number of rotatable bonds is 2. The van der Waals surface area contributed by atoms with Gasteiger partial charge in [-0.1, -0.05) is 13.0 Å². The second kappa shape index (κ2) is 4.72. The largest absolute Gasteiger partial charge is 0.355 e. The Labute approximate surface area is 106 Å². The maximum atomic E-state index is 4.51. The molecule has 16 heavy (non-hydrogen) atoms. The van der Waals surface area contributed by atoms with E-state index < -0.39 is 0 Å². The lowest BCUT2D eigenvalue weighted by Gasteiger charge is -2.22. The molecule has 1 aromatic rings. The number of hydrogen-bond donors (Lipinski definition) is 0. The number of anilines is 1. The first-order valence-electron chi connectivity index (χ1n) is 5.62. The van der Waals surface area contributed by atoms with Crippen LogP contribution in [-0.2, 0) is 0 Å². The van der Waals surface area contributed by atoms with E-state index in [4.69, 9.17) is 0 Å². The molecule has 1 saturated heterocycles. The highest BCUT2D eigenvalue weighted by Crippen LogP contribution is 2.25. The van der Waals surface area contributed by atoms with Crippen molar-refractivity contribution in [1.82, 2.24) is 9.88 Å². The van der Waals surface area contributed by atoms with Crippen LogP contribution in [0.3, 0.4) is 0 Å². The van der Waals surface area contributed by atoms with Crippen molar-refractivity contribution in [2.45, 2.75) is 13.0 Å². The number of likely N-dealkylation sites (N-methyl/N-ethyl adjacent to an activating group) is 1. The number of nitrogens with zero attached hydrogens (tertiary/aromatic N) is 3. The minimum Gasteiger partial charge on any atom is -0.355 e. The van der Waals surface area contributed by atoms with Crippen molar-refractivity contribution in [3.8, 4) is 0 Å². The van der Waals surface area contributed by atoms with Crippen LogP contribution in [0, 0.1) is 5.92 Å². The van der Waals surface area contributed by atoms with Gasteiger partial charge in [-0.3, -0.25) is 0 Å². The first-order valence-corrected chi connectivity index (χ1v) is 6.41. The van der Waals surface area contributed by atoms with Gasteiger partial charge in [0.1, 0.15) is 10.4 Å². The molecule has 1 aliphatic rings. The fourth-order valence-electron chi connectivity index (χ4n) is 2.38. The number of aromatic nitrogens is 1. The summed E-state index contributed by atoms with van der Waals surface area (Å²) >= 11 is 3.42. The van der Waals surface area contributed by atoms with Gasteiger partial charge in [0.25, 0.3) is 0 Å².